The lowest BCUT2D eigenvalue weighted by Crippen LogP contribution is -2.45. The number of aromatic nitrogens is 1. The monoisotopic (exact) mass is 199 g/mol. The average molecular weight is 199 g/mol. The first-order chi connectivity index (χ1) is 6.24. The Hall–Kier alpha value is -0.450. The molecule has 0 saturated heterocycles. The molecule has 0 amide bonds. The first kappa shape index (κ1) is 9.12. The van der Waals surface area contributed by atoms with Crippen LogP contribution in [-0.2, 0) is 10.3 Å². The molecule has 3 nitrogen and oxygen atoms in total. The molecule has 1 aromatic rings. The predicted octanol–water partition coefficient (Wildman–Crippen LogP) is 1.53. The predicted molar refractivity (Wildman–Crippen MR) is 50.7 cm³/mol. The lowest BCUT2D eigenvalue weighted by atomic mass is 9.76. The van der Waals surface area contributed by atoms with Crippen LogP contribution in [0.5, 0.6) is 0 Å². The number of nitrogens with zero attached hydrogens (tertiary/aromatic N) is 1. The molecule has 0 atom stereocenters. The second kappa shape index (κ2) is 3.36. The van der Waals surface area contributed by atoms with Crippen LogP contribution in [0.1, 0.15) is 24.6 Å². The van der Waals surface area contributed by atoms with Crippen LogP contribution in [0.15, 0.2) is 11.7 Å². The Morgan fingerprint density at radius 3 is 3.08 bits per heavy atom. The minimum absolute atomic E-state index is 0.233. The second-order valence-corrected chi connectivity index (χ2v) is 4.27. The lowest BCUT2D eigenvalue weighted by molar-refractivity contribution is -0.140. The summed E-state index contributed by atoms with van der Waals surface area (Å²) < 4.78 is 5.40. The van der Waals surface area contributed by atoms with E-state index in [0.717, 1.165) is 11.5 Å². The van der Waals surface area contributed by atoms with Gasteiger partial charge < -0.3 is 9.84 Å². The molecule has 4 heteroatoms. The van der Waals surface area contributed by atoms with E-state index in [1.165, 1.54) is 11.3 Å². The number of hydrogen-bond acceptors (Lipinski definition) is 4. The maximum absolute atomic E-state index is 10.1. The van der Waals surface area contributed by atoms with Crippen molar-refractivity contribution in [3.05, 3.63) is 16.6 Å². The Kier molecular flexibility index (Phi) is 2.36. The quantitative estimate of drug-likeness (QED) is 0.802. The normalized spacial score (nSPS) is 32.9. The molecule has 1 aromatic heterocycles. The van der Waals surface area contributed by atoms with Gasteiger partial charge in [0.05, 0.1) is 16.5 Å². The SMILES string of the molecule is CCOC1CC(O)(c2cncs2)C1. The Bertz CT molecular complexity index is 267. The molecule has 0 spiro atoms. The van der Waals surface area contributed by atoms with E-state index in [9.17, 15) is 5.11 Å². The highest BCUT2D eigenvalue weighted by Crippen LogP contribution is 2.44. The van der Waals surface area contributed by atoms with Crippen LogP contribution in [-0.4, -0.2) is 22.8 Å². The van der Waals surface area contributed by atoms with Gasteiger partial charge in [0, 0.05) is 25.6 Å². The fourth-order valence-corrected chi connectivity index (χ4v) is 2.44. The molecule has 1 N–H and O–H groups in total. The number of ether oxygens (including phenoxy) is 1. The molecule has 1 heterocycles. The molecule has 72 valence electrons. The molecule has 1 saturated carbocycles. The minimum atomic E-state index is -0.652. The van der Waals surface area contributed by atoms with Crippen molar-refractivity contribution < 1.29 is 9.84 Å². The number of rotatable bonds is 3. The maximum atomic E-state index is 10.1. The van der Waals surface area contributed by atoms with Crippen LogP contribution in [0.2, 0.25) is 0 Å². The van der Waals surface area contributed by atoms with E-state index in [1.807, 2.05) is 6.92 Å². The molecule has 1 aliphatic carbocycles. The van der Waals surface area contributed by atoms with Crippen LogP contribution in [0.3, 0.4) is 0 Å². The van der Waals surface area contributed by atoms with Crippen LogP contribution < -0.4 is 0 Å². The Morgan fingerprint density at radius 1 is 1.77 bits per heavy atom. The van der Waals surface area contributed by atoms with Gasteiger partial charge >= 0.3 is 0 Å². The standard InChI is InChI=1S/C9H13NO2S/c1-2-12-7-3-9(11,4-7)8-5-10-6-13-8/h5-7,11H,2-4H2,1H3. The first-order valence-electron chi connectivity index (χ1n) is 4.47. The van der Waals surface area contributed by atoms with Crippen molar-refractivity contribution in [1.82, 2.24) is 4.98 Å². The molecule has 0 unspecified atom stereocenters. The van der Waals surface area contributed by atoms with Crippen LogP contribution in [0, 0.1) is 0 Å². The molecule has 1 aliphatic rings. The van der Waals surface area contributed by atoms with Gasteiger partial charge in [-0.15, -0.1) is 11.3 Å². The van der Waals surface area contributed by atoms with E-state index in [-0.39, 0.29) is 6.10 Å². The molecule has 0 bridgehead atoms. The summed E-state index contributed by atoms with van der Waals surface area (Å²) in [6.07, 6.45) is 3.40. The largest absolute Gasteiger partial charge is 0.384 e. The highest BCUT2D eigenvalue weighted by Gasteiger charge is 2.45. The van der Waals surface area contributed by atoms with E-state index in [0.29, 0.717) is 12.8 Å². The Morgan fingerprint density at radius 2 is 2.54 bits per heavy atom. The van der Waals surface area contributed by atoms with Gasteiger partial charge in [0.25, 0.3) is 0 Å². The molecule has 13 heavy (non-hydrogen) atoms. The number of thiazole rings is 1. The summed E-state index contributed by atoms with van der Waals surface area (Å²) in [4.78, 5) is 4.92. The summed E-state index contributed by atoms with van der Waals surface area (Å²) in [5.41, 5.74) is 1.10. The highest BCUT2D eigenvalue weighted by atomic mass is 32.1. The fraction of sp³-hybridized carbons (Fsp3) is 0.667. The second-order valence-electron chi connectivity index (χ2n) is 3.38. The van der Waals surface area contributed by atoms with Crippen LogP contribution >= 0.6 is 11.3 Å². The minimum Gasteiger partial charge on any atom is -0.384 e. The number of hydrogen-bond donors (Lipinski definition) is 1. The van der Waals surface area contributed by atoms with Gasteiger partial charge in [0.15, 0.2) is 0 Å². The van der Waals surface area contributed by atoms with E-state index >= 15 is 0 Å². The van der Waals surface area contributed by atoms with Crippen molar-refractivity contribution in [3.63, 3.8) is 0 Å². The molecule has 0 aliphatic heterocycles. The summed E-state index contributed by atoms with van der Waals surface area (Å²) >= 11 is 1.51. The molecular formula is C9H13NO2S. The Balaban J connectivity index is 1.96. The van der Waals surface area contributed by atoms with Crippen molar-refractivity contribution in [2.24, 2.45) is 0 Å². The summed E-state index contributed by atoms with van der Waals surface area (Å²) in [6, 6.07) is 0. The van der Waals surface area contributed by atoms with Gasteiger partial charge in [-0.3, -0.25) is 4.98 Å². The molecule has 0 aromatic carbocycles. The zero-order valence-corrected chi connectivity index (χ0v) is 8.38. The zero-order valence-electron chi connectivity index (χ0n) is 7.56. The van der Waals surface area contributed by atoms with E-state index in [2.05, 4.69) is 4.98 Å². The highest BCUT2D eigenvalue weighted by molar-refractivity contribution is 7.09. The van der Waals surface area contributed by atoms with Crippen molar-refractivity contribution in [2.45, 2.75) is 31.5 Å². The summed E-state index contributed by atoms with van der Waals surface area (Å²) in [7, 11) is 0. The van der Waals surface area contributed by atoms with Crippen molar-refractivity contribution >= 4 is 11.3 Å². The van der Waals surface area contributed by atoms with E-state index < -0.39 is 5.60 Å². The van der Waals surface area contributed by atoms with E-state index in [1.54, 1.807) is 11.7 Å². The third-order valence-electron chi connectivity index (χ3n) is 2.42. The van der Waals surface area contributed by atoms with Gasteiger partial charge in [0.1, 0.15) is 5.60 Å². The average Bonchev–Trinajstić information content (AvgIpc) is 2.53. The first-order valence-corrected chi connectivity index (χ1v) is 5.35. The third-order valence-corrected chi connectivity index (χ3v) is 3.39. The summed E-state index contributed by atoms with van der Waals surface area (Å²) in [5, 5.41) is 10.1. The summed E-state index contributed by atoms with van der Waals surface area (Å²) in [6.45, 7) is 2.70. The third kappa shape index (κ3) is 1.61. The molecule has 2 rings (SSSR count). The Labute approximate surface area is 81.4 Å². The van der Waals surface area contributed by atoms with Crippen molar-refractivity contribution in [2.75, 3.05) is 6.61 Å². The molecule has 1 fully saturated rings. The van der Waals surface area contributed by atoms with Gasteiger partial charge in [0.2, 0.25) is 0 Å². The molecule has 0 radical (unpaired) electrons. The van der Waals surface area contributed by atoms with Gasteiger partial charge in [-0.25, -0.2) is 0 Å². The smallest absolute Gasteiger partial charge is 0.105 e. The van der Waals surface area contributed by atoms with Gasteiger partial charge in [-0.1, -0.05) is 0 Å². The van der Waals surface area contributed by atoms with Crippen molar-refractivity contribution in [3.8, 4) is 0 Å². The van der Waals surface area contributed by atoms with Crippen molar-refractivity contribution in [1.29, 1.82) is 0 Å². The number of aliphatic hydroxyl groups is 1. The van der Waals surface area contributed by atoms with Gasteiger partial charge in [-0.05, 0) is 6.92 Å². The van der Waals surface area contributed by atoms with Gasteiger partial charge in [-0.2, -0.15) is 0 Å². The van der Waals surface area contributed by atoms with Crippen LogP contribution in [0.4, 0.5) is 0 Å². The topological polar surface area (TPSA) is 42.4 Å². The summed E-state index contributed by atoms with van der Waals surface area (Å²) in [5.74, 6) is 0. The zero-order chi connectivity index (χ0) is 9.31. The van der Waals surface area contributed by atoms with Crippen LogP contribution in [0.25, 0.3) is 0 Å². The van der Waals surface area contributed by atoms with E-state index in [4.69, 9.17) is 4.74 Å². The maximum Gasteiger partial charge on any atom is 0.105 e. The fourth-order valence-electron chi connectivity index (χ4n) is 1.69. The lowest BCUT2D eigenvalue weighted by Gasteiger charge is -2.42. The molecular weight excluding hydrogens is 186 g/mol.